The van der Waals surface area contributed by atoms with Crippen molar-refractivity contribution in [1.82, 2.24) is 0 Å². The molecule has 1 N–H and O–H groups in total. The van der Waals surface area contributed by atoms with Gasteiger partial charge in [0.05, 0.1) is 11.5 Å². The van der Waals surface area contributed by atoms with Crippen molar-refractivity contribution in [2.24, 2.45) is 0 Å². The molecule has 0 unspecified atom stereocenters. The second-order valence-corrected chi connectivity index (χ2v) is 8.33. The SMILES string of the molecule is CCOC(=O)C(C#N)=Cc1ccc(NS(=O)(=O)c2c(C)c(C)cc(C)c2C)cc1. The van der Waals surface area contributed by atoms with E-state index in [2.05, 4.69) is 4.72 Å². The number of carbonyl (C=O) groups excluding carboxylic acids is 1. The van der Waals surface area contributed by atoms with Gasteiger partial charge in [0.25, 0.3) is 10.0 Å². The molecule has 0 atom stereocenters. The second kappa shape index (κ2) is 8.93. The number of nitrogens with one attached hydrogen (secondary N) is 1. The molecule has 2 aromatic carbocycles. The third-order valence-electron chi connectivity index (χ3n) is 4.66. The van der Waals surface area contributed by atoms with E-state index < -0.39 is 16.0 Å². The Labute approximate surface area is 171 Å². The number of hydrogen-bond donors (Lipinski definition) is 1. The largest absolute Gasteiger partial charge is 0.462 e. The number of carbonyl (C=O) groups is 1. The van der Waals surface area contributed by atoms with Gasteiger partial charge in [-0.05, 0) is 80.6 Å². The molecular weight excluding hydrogens is 388 g/mol. The Bertz CT molecular complexity index is 1080. The summed E-state index contributed by atoms with van der Waals surface area (Å²) in [5.41, 5.74) is 4.10. The average Bonchev–Trinajstić information content (AvgIpc) is 2.65. The molecule has 0 aromatic heterocycles. The zero-order valence-corrected chi connectivity index (χ0v) is 18.0. The van der Waals surface area contributed by atoms with Crippen molar-refractivity contribution in [3.8, 4) is 6.07 Å². The van der Waals surface area contributed by atoms with Crippen LogP contribution in [0.1, 0.15) is 34.7 Å². The van der Waals surface area contributed by atoms with E-state index in [1.807, 2.05) is 26.0 Å². The fourth-order valence-corrected chi connectivity index (χ4v) is 4.63. The van der Waals surface area contributed by atoms with Gasteiger partial charge in [0.15, 0.2) is 0 Å². The minimum atomic E-state index is -3.77. The molecule has 0 bridgehead atoms. The van der Waals surface area contributed by atoms with E-state index in [1.165, 1.54) is 6.08 Å². The van der Waals surface area contributed by atoms with Crippen LogP contribution in [0.25, 0.3) is 6.08 Å². The molecule has 2 rings (SSSR count). The second-order valence-electron chi connectivity index (χ2n) is 6.71. The van der Waals surface area contributed by atoms with Gasteiger partial charge in [-0.25, -0.2) is 13.2 Å². The summed E-state index contributed by atoms with van der Waals surface area (Å²) in [5.74, 6) is -0.694. The van der Waals surface area contributed by atoms with Crippen LogP contribution in [0, 0.1) is 39.0 Å². The van der Waals surface area contributed by atoms with Crippen LogP contribution < -0.4 is 4.72 Å². The van der Waals surface area contributed by atoms with Gasteiger partial charge in [-0.2, -0.15) is 5.26 Å². The molecule has 0 radical (unpaired) electrons. The first-order valence-electron chi connectivity index (χ1n) is 9.10. The van der Waals surface area contributed by atoms with Crippen molar-refractivity contribution in [2.75, 3.05) is 11.3 Å². The van der Waals surface area contributed by atoms with Gasteiger partial charge in [-0.3, -0.25) is 4.72 Å². The van der Waals surface area contributed by atoms with Gasteiger partial charge in [-0.1, -0.05) is 18.2 Å². The molecule has 0 aliphatic heterocycles. The third kappa shape index (κ3) is 5.04. The first kappa shape index (κ1) is 22.2. The maximum atomic E-state index is 13.0. The van der Waals surface area contributed by atoms with Crippen LogP contribution in [0.4, 0.5) is 5.69 Å². The van der Waals surface area contributed by atoms with Gasteiger partial charge in [-0.15, -0.1) is 0 Å². The van der Waals surface area contributed by atoms with Crippen LogP contribution in [0.15, 0.2) is 40.8 Å². The molecule has 7 heteroatoms. The monoisotopic (exact) mass is 412 g/mol. The highest BCUT2D eigenvalue weighted by molar-refractivity contribution is 7.92. The van der Waals surface area contributed by atoms with E-state index in [0.717, 1.165) is 11.1 Å². The van der Waals surface area contributed by atoms with E-state index >= 15 is 0 Å². The molecular formula is C22H24N2O4S. The molecule has 0 aliphatic rings. The number of hydrogen-bond acceptors (Lipinski definition) is 5. The van der Waals surface area contributed by atoms with Crippen LogP contribution in [0.3, 0.4) is 0 Å². The molecule has 0 fully saturated rings. The number of nitriles is 1. The van der Waals surface area contributed by atoms with E-state index in [-0.39, 0.29) is 17.1 Å². The molecule has 6 nitrogen and oxygen atoms in total. The smallest absolute Gasteiger partial charge is 0.348 e. The van der Waals surface area contributed by atoms with E-state index in [1.54, 1.807) is 45.0 Å². The summed E-state index contributed by atoms with van der Waals surface area (Å²) in [5, 5.41) is 9.10. The first-order chi connectivity index (χ1) is 13.6. The zero-order chi connectivity index (χ0) is 21.8. The maximum absolute atomic E-state index is 13.0. The lowest BCUT2D eigenvalue weighted by molar-refractivity contribution is -0.137. The number of nitrogens with zero attached hydrogens (tertiary/aromatic N) is 1. The average molecular weight is 413 g/mol. The minimum Gasteiger partial charge on any atom is -0.462 e. The maximum Gasteiger partial charge on any atom is 0.348 e. The Hall–Kier alpha value is -3.11. The highest BCUT2D eigenvalue weighted by atomic mass is 32.2. The molecule has 2 aromatic rings. The van der Waals surface area contributed by atoms with E-state index in [9.17, 15) is 13.2 Å². The molecule has 0 heterocycles. The van der Waals surface area contributed by atoms with E-state index in [4.69, 9.17) is 10.00 Å². The third-order valence-corrected chi connectivity index (χ3v) is 6.31. The summed E-state index contributed by atoms with van der Waals surface area (Å²) in [6, 6.07) is 10.2. The summed E-state index contributed by atoms with van der Waals surface area (Å²) in [6.45, 7) is 9.20. The fourth-order valence-electron chi connectivity index (χ4n) is 2.95. The summed E-state index contributed by atoms with van der Waals surface area (Å²) >= 11 is 0. The number of rotatable bonds is 6. The number of anilines is 1. The van der Waals surface area contributed by atoms with Crippen LogP contribution >= 0.6 is 0 Å². The van der Waals surface area contributed by atoms with Crippen molar-refractivity contribution < 1.29 is 17.9 Å². The van der Waals surface area contributed by atoms with Gasteiger partial charge < -0.3 is 4.74 Å². The van der Waals surface area contributed by atoms with Crippen molar-refractivity contribution >= 4 is 27.8 Å². The highest BCUT2D eigenvalue weighted by Gasteiger charge is 2.22. The van der Waals surface area contributed by atoms with Crippen molar-refractivity contribution in [1.29, 1.82) is 5.26 Å². The Kier molecular flexibility index (Phi) is 6.83. The molecule has 152 valence electrons. The Morgan fingerprint density at radius 2 is 1.66 bits per heavy atom. The number of aryl methyl sites for hydroxylation is 2. The minimum absolute atomic E-state index is 0.123. The molecule has 0 saturated heterocycles. The fraction of sp³-hybridized carbons (Fsp3) is 0.273. The Balaban J connectivity index is 2.33. The predicted octanol–water partition coefficient (Wildman–Crippen LogP) is 4.19. The van der Waals surface area contributed by atoms with Crippen molar-refractivity contribution in [3.63, 3.8) is 0 Å². The summed E-state index contributed by atoms with van der Waals surface area (Å²) < 4.78 is 33.4. The molecule has 0 spiro atoms. The van der Waals surface area contributed by atoms with Crippen LogP contribution in [-0.2, 0) is 19.6 Å². The molecule has 29 heavy (non-hydrogen) atoms. The normalized spacial score (nSPS) is 11.7. The van der Waals surface area contributed by atoms with Crippen molar-refractivity contribution in [2.45, 2.75) is 39.5 Å². The predicted molar refractivity (Wildman–Crippen MR) is 113 cm³/mol. The van der Waals surface area contributed by atoms with Gasteiger partial charge in [0.2, 0.25) is 0 Å². The lowest BCUT2D eigenvalue weighted by atomic mass is 10.0. The summed E-state index contributed by atoms with van der Waals surface area (Å²) in [4.78, 5) is 12.0. The van der Waals surface area contributed by atoms with E-state index in [0.29, 0.717) is 22.4 Å². The summed E-state index contributed by atoms with van der Waals surface area (Å²) in [7, 11) is -3.77. The Morgan fingerprint density at radius 1 is 1.10 bits per heavy atom. The van der Waals surface area contributed by atoms with Crippen LogP contribution in [-0.4, -0.2) is 21.0 Å². The van der Waals surface area contributed by atoms with Crippen molar-refractivity contribution in [3.05, 3.63) is 63.7 Å². The molecule has 0 amide bonds. The number of sulfonamides is 1. The zero-order valence-electron chi connectivity index (χ0n) is 17.2. The number of esters is 1. The highest BCUT2D eigenvalue weighted by Crippen LogP contribution is 2.28. The van der Waals surface area contributed by atoms with Gasteiger partial charge in [0.1, 0.15) is 11.6 Å². The van der Waals surface area contributed by atoms with Crippen LogP contribution in [0.2, 0.25) is 0 Å². The summed E-state index contributed by atoms with van der Waals surface area (Å²) in [6.07, 6.45) is 1.40. The quantitative estimate of drug-likeness (QED) is 0.436. The topological polar surface area (TPSA) is 96.3 Å². The van der Waals surface area contributed by atoms with Crippen LogP contribution in [0.5, 0.6) is 0 Å². The number of ether oxygens (including phenoxy) is 1. The Morgan fingerprint density at radius 3 is 2.14 bits per heavy atom. The lowest BCUT2D eigenvalue weighted by Gasteiger charge is -2.16. The molecule has 0 saturated carbocycles. The number of benzene rings is 2. The lowest BCUT2D eigenvalue weighted by Crippen LogP contribution is -2.17. The standard InChI is InChI=1S/C22H24N2O4S/c1-6-28-22(25)19(13-23)12-18-7-9-20(10-8-18)24-29(26,27)21-16(4)14(2)11-15(3)17(21)5/h7-12,24H,6H2,1-5H3. The van der Waals surface area contributed by atoms with Gasteiger partial charge >= 0.3 is 5.97 Å². The first-order valence-corrected chi connectivity index (χ1v) is 10.6. The van der Waals surface area contributed by atoms with Gasteiger partial charge in [0, 0.05) is 5.69 Å². The molecule has 0 aliphatic carbocycles.